The lowest BCUT2D eigenvalue weighted by atomic mass is 9.84. The summed E-state index contributed by atoms with van der Waals surface area (Å²) in [7, 11) is -7.76. The summed E-state index contributed by atoms with van der Waals surface area (Å²) in [6.45, 7) is 1.49. The van der Waals surface area contributed by atoms with Crippen LogP contribution in [-0.4, -0.2) is 70.3 Å². The van der Waals surface area contributed by atoms with Gasteiger partial charge in [0.1, 0.15) is 17.6 Å². The van der Waals surface area contributed by atoms with Crippen LogP contribution in [0.25, 0.3) is 0 Å². The zero-order valence-corrected chi connectivity index (χ0v) is 30.6. The minimum absolute atomic E-state index is 0.00829. The molecule has 276 valence electrons. The third-order valence-corrected chi connectivity index (χ3v) is 13.3. The number of hydrogen-bond acceptors (Lipinski definition) is 9. The zero-order valence-electron chi connectivity index (χ0n) is 29.0. The van der Waals surface area contributed by atoms with Crippen LogP contribution in [0.15, 0.2) is 81.9 Å². The average molecular weight is 740 g/mol. The molecule has 13 heteroatoms. The number of likely N-dealkylation sites (tertiary alicyclic amines) is 1. The first-order valence-electron chi connectivity index (χ1n) is 18.1. The minimum atomic E-state index is -4.12. The summed E-state index contributed by atoms with van der Waals surface area (Å²) in [5.74, 6) is -1.76. The van der Waals surface area contributed by atoms with Gasteiger partial charge in [-0.25, -0.2) is 21.6 Å². The standard InChI is InChI=1S/C38H49N3O8S2/c42-35(30(27-36(43)28-21-23-39-24-22-28)13-9-10-25-50(46,47)31-14-3-1-4-15-31)19-11-20-37(44)41-33-18-8-7-12-29(33)26-34(41)38(45)40-51(48,49)32-16-5-2-6-17-32/h1-6,10,14-17,25,28-30,33-34,39H,7-9,11-13,18-24,26-27H2,(H,40,45)/b25-10+/t29?,30-,33?,34+/m1/s1. The van der Waals surface area contributed by atoms with E-state index in [1.807, 2.05) is 0 Å². The van der Waals surface area contributed by atoms with Crippen molar-refractivity contribution in [3.63, 3.8) is 0 Å². The number of carbonyl (C=O) groups is 4. The van der Waals surface area contributed by atoms with E-state index in [1.165, 1.54) is 30.3 Å². The van der Waals surface area contributed by atoms with E-state index >= 15 is 0 Å². The van der Waals surface area contributed by atoms with Gasteiger partial charge in [-0.05, 0) is 94.6 Å². The Bertz CT molecular complexity index is 1780. The van der Waals surface area contributed by atoms with Gasteiger partial charge in [-0.1, -0.05) is 55.3 Å². The van der Waals surface area contributed by atoms with E-state index in [0.717, 1.165) is 44.2 Å². The number of sulfone groups is 1. The molecule has 2 amide bonds. The Hall–Kier alpha value is -3.68. The number of benzene rings is 2. The maximum atomic E-state index is 13.8. The Morgan fingerprint density at radius 3 is 2.18 bits per heavy atom. The predicted octanol–water partition coefficient (Wildman–Crippen LogP) is 4.73. The number of carbonyl (C=O) groups excluding carboxylic acids is 4. The van der Waals surface area contributed by atoms with Gasteiger partial charge in [-0.15, -0.1) is 0 Å². The summed E-state index contributed by atoms with van der Waals surface area (Å²) in [6.07, 6.45) is 7.78. The molecule has 51 heavy (non-hydrogen) atoms. The van der Waals surface area contributed by atoms with Crippen molar-refractivity contribution in [2.24, 2.45) is 17.8 Å². The molecule has 5 rings (SSSR count). The molecule has 3 aliphatic rings. The second-order valence-electron chi connectivity index (χ2n) is 14.0. The van der Waals surface area contributed by atoms with Crippen LogP contribution in [0.3, 0.4) is 0 Å². The van der Waals surface area contributed by atoms with Gasteiger partial charge in [0.25, 0.3) is 15.9 Å². The highest BCUT2D eigenvalue weighted by Gasteiger charge is 2.47. The number of amides is 2. The van der Waals surface area contributed by atoms with Gasteiger partial charge in [-0.2, -0.15) is 0 Å². The number of sulfonamides is 1. The molecule has 3 fully saturated rings. The number of rotatable bonds is 16. The number of piperidine rings is 1. The van der Waals surface area contributed by atoms with Crippen LogP contribution >= 0.6 is 0 Å². The fourth-order valence-corrected chi connectivity index (χ4v) is 9.89. The van der Waals surface area contributed by atoms with Crippen molar-refractivity contribution in [1.29, 1.82) is 0 Å². The first-order chi connectivity index (χ1) is 24.5. The Morgan fingerprint density at radius 2 is 1.49 bits per heavy atom. The lowest BCUT2D eigenvalue weighted by Crippen LogP contribution is -2.50. The molecule has 1 saturated carbocycles. The van der Waals surface area contributed by atoms with Crippen molar-refractivity contribution in [2.75, 3.05) is 13.1 Å². The quantitative estimate of drug-likeness (QED) is 0.248. The molecular formula is C38H49N3O8S2. The molecule has 4 atom stereocenters. The first-order valence-corrected chi connectivity index (χ1v) is 21.1. The molecule has 0 radical (unpaired) electrons. The lowest BCUT2D eigenvalue weighted by molar-refractivity contribution is -0.140. The molecule has 1 aliphatic carbocycles. The number of nitrogens with zero attached hydrogens (tertiary/aromatic N) is 1. The molecule has 11 nitrogen and oxygen atoms in total. The topological polar surface area (TPSA) is 164 Å². The average Bonchev–Trinajstić information content (AvgIpc) is 3.54. The van der Waals surface area contributed by atoms with Gasteiger partial charge in [0.15, 0.2) is 9.84 Å². The van der Waals surface area contributed by atoms with Gasteiger partial charge in [-0.3, -0.25) is 19.2 Å². The van der Waals surface area contributed by atoms with Crippen molar-refractivity contribution in [2.45, 2.75) is 105 Å². The summed E-state index contributed by atoms with van der Waals surface area (Å²) in [5, 5.41) is 4.39. The Morgan fingerprint density at radius 1 is 0.843 bits per heavy atom. The highest BCUT2D eigenvalue weighted by molar-refractivity contribution is 7.94. The molecule has 2 aromatic carbocycles. The fourth-order valence-electron chi connectivity index (χ4n) is 7.77. The van der Waals surface area contributed by atoms with E-state index in [4.69, 9.17) is 0 Å². The van der Waals surface area contributed by atoms with Crippen LogP contribution in [0.5, 0.6) is 0 Å². The Labute approximate surface area is 301 Å². The van der Waals surface area contributed by atoms with Gasteiger partial charge >= 0.3 is 0 Å². The van der Waals surface area contributed by atoms with Crippen LogP contribution in [0.1, 0.15) is 83.5 Å². The summed E-state index contributed by atoms with van der Waals surface area (Å²) in [4.78, 5) is 55.8. The van der Waals surface area contributed by atoms with Gasteiger partial charge in [0, 0.05) is 42.5 Å². The summed E-state index contributed by atoms with van der Waals surface area (Å²) < 4.78 is 53.5. The number of allylic oxidation sites excluding steroid dienone is 1. The van der Waals surface area contributed by atoms with Crippen molar-refractivity contribution < 1.29 is 36.0 Å². The monoisotopic (exact) mass is 739 g/mol. The van der Waals surface area contributed by atoms with Crippen molar-refractivity contribution in [1.82, 2.24) is 14.9 Å². The van der Waals surface area contributed by atoms with E-state index < -0.39 is 37.7 Å². The van der Waals surface area contributed by atoms with Gasteiger partial charge in [0.05, 0.1) is 9.79 Å². The molecule has 0 spiro atoms. The largest absolute Gasteiger partial charge is 0.327 e. The molecule has 2 unspecified atom stereocenters. The molecule has 2 saturated heterocycles. The maximum absolute atomic E-state index is 13.8. The SMILES string of the molecule is O=C(C[C@@H](CC/C=C/S(=O)(=O)c1ccccc1)C(=O)CCCC(=O)N1C2CCCCC2C[C@H]1C(=O)NS(=O)(=O)c1ccccc1)C1CCNCC1. The van der Waals surface area contributed by atoms with Crippen LogP contribution in [0, 0.1) is 17.8 Å². The van der Waals surface area contributed by atoms with Crippen LogP contribution in [0.4, 0.5) is 0 Å². The third-order valence-electron chi connectivity index (χ3n) is 10.5. The van der Waals surface area contributed by atoms with Gasteiger partial charge < -0.3 is 10.2 Å². The second-order valence-corrected chi connectivity index (χ2v) is 17.5. The Balaban J connectivity index is 1.21. The third kappa shape index (κ3) is 10.2. The normalized spacial score (nSPS) is 22.0. The smallest absolute Gasteiger partial charge is 0.264 e. The number of nitrogens with one attached hydrogen (secondary N) is 2. The Kier molecular flexibility index (Phi) is 13.4. The van der Waals surface area contributed by atoms with E-state index in [9.17, 15) is 36.0 Å². The molecule has 0 bridgehead atoms. The van der Waals surface area contributed by atoms with Crippen LogP contribution in [-0.2, 0) is 39.0 Å². The zero-order chi connectivity index (χ0) is 36.4. The molecule has 2 heterocycles. The number of hydrogen-bond donors (Lipinski definition) is 2. The van der Waals surface area contributed by atoms with E-state index in [0.29, 0.717) is 32.1 Å². The summed E-state index contributed by atoms with van der Waals surface area (Å²) in [6, 6.07) is 14.6. The second kappa shape index (κ2) is 17.7. The van der Waals surface area contributed by atoms with E-state index in [2.05, 4.69) is 10.0 Å². The molecule has 0 aromatic heterocycles. The van der Waals surface area contributed by atoms with E-state index in [1.54, 1.807) is 41.3 Å². The predicted molar refractivity (Wildman–Crippen MR) is 192 cm³/mol. The van der Waals surface area contributed by atoms with Crippen molar-refractivity contribution in [3.8, 4) is 0 Å². The highest BCUT2D eigenvalue weighted by Crippen LogP contribution is 2.40. The number of Topliss-reactive ketones (excluding diaryl/α,β-unsaturated/α-hetero) is 2. The number of fused-ring (bicyclic) bond motifs is 1. The summed E-state index contributed by atoms with van der Waals surface area (Å²) in [5.41, 5.74) is 0. The molecular weight excluding hydrogens is 691 g/mol. The lowest BCUT2D eigenvalue weighted by Gasteiger charge is -2.33. The van der Waals surface area contributed by atoms with Crippen LogP contribution < -0.4 is 10.0 Å². The van der Waals surface area contributed by atoms with Crippen LogP contribution in [0.2, 0.25) is 0 Å². The van der Waals surface area contributed by atoms with Crippen molar-refractivity contribution in [3.05, 3.63) is 72.1 Å². The van der Waals surface area contributed by atoms with Gasteiger partial charge in [0.2, 0.25) is 5.91 Å². The maximum Gasteiger partial charge on any atom is 0.264 e. The highest BCUT2D eigenvalue weighted by atomic mass is 32.2. The number of ketones is 2. The molecule has 2 N–H and O–H groups in total. The molecule has 2 aromatic rings. The van der Waals surface area contributed by atoms with E-state index in [-0.39, 0.29) is 70.8 Å². The first kappa shape index (κ1) is 38.5. The fraction of sp³-hybridized carbons (Fsp3) is 0.526. The molecule has 2 aliphatic heterocycles. The minimum Gasteiger partial charge on any atom is -0.327 e. The van der Waals surface area contributed by atoms with Crippen molar-refractivity contribution >= 4 is 43.2 Å². The summed E-state index contributed by atoms with van der Waals surface area (Å²) >= 11 is 0.